The Morgan fingerprint density at radius 2 is 2.03 bits per heavy atom. The van der Waals surface area contributed by atoms with Crippen molar-refractivity contribution in [3.63, 3.8) is 0 Å². The number of likely N-dealkylation sites (tertiary alicyclic amines) is 1. The van der Waals surface area contributed by atoms with E-state index in [-0.39, 0.29) is 0 Å². The van der Waals surface area contributed by atoms with Gasteiger partial charge in [0.05, 0.1) is 23.4 Å². The number of H-pyrrole nitrogens is 1. The second-order valence-electron chi connectivity index (χ2n) is 8.73. The normalized spacial score (nSPS) is 15.1. The second kappa shape index (κ2) is 10.1. The summed E-state index contributed by atoms with van der Waals surface area (Å²) in [6, 6.07) is 16.3. The number of fused-ring (bicyclic) bond motifs is 1. The van der Waals surface area contributed by atoms with Gasteiger partial charge in [-0.1, -0.05) is 6.07 Å². The molecule has 1 aliphatic rings. The van der Waals surface area contributed by atoms with Crippen molar-refractivity contribution in [2.45, 2.75) is 25.4 Å². The number of carbonyl (C=O) groups is 1. The zero-order chi connectivity index (χ0) is 23.3. The van der Waals surface area contributed by atoms with Crippen molar-refractivity contribution in [3.8, 4) is 22.9 Å². The third kappa shape index (κ3) is 5.13. The minimum absolute atomic E-state index is 0.517. The average Bonchev–Trinajstić information content (AvgIpc) is 3.40. The first-order valence-corrected chi connectivity index (χ1v) is 11.6. The molecule has 1 N–H and O–H groups in total. The van der Waals surface area contributed by atoms with Gasteiger partial charge in [-0.05, 0) is 56.3 Å². The van der Waals surface area contributed by atoms with Crippen LogP contribution in [0.5, 0.6) is 11.6 Å². The molecule has 34 heavy (non-hydrogen) atoms. The molecule has 3 aromatic heterocycles. The standard InChI is InChI=1S/C26H28N6O2/c1-31(22-9-12-32(13-10-22)14-15-33)18-21-4-2-19-16-23(5-6-24(19)29-21)34-26-7-3-20(17-27-26)25-8-11-28-30-25/h2-8,11,15-17,22H,9-10,12-14,18H2,1H3,(H,28,30). The second-order valence-corrected chi connectivity index (χ2v) is 8.73. The predicted octanol–water partition coefficient (Wildman–Crippen LogP) is 3.91. The van der Waals surface area contributed by atoms with Gasteiger partial charge in [0.25, 0.3) is 0 Å². The average molecular weight is 457 g/mol. The molecule has 0 spiro atoms. The van der Waals surface area contributed by atoms with Crippen LogP contribution in [0.4, 0.5) is 0 Å². The summed E-state index contributed by atoms with van der Waals surface area (Å²) in [6.07, 6.45) is 6.63. The molecule has 0 saturated carbocycles. The van der Waals surface area contributed by atoms with E-state index in [1.165, 1.54) is 0 Å². The van der Waals surface area contributed by atoms with Crippen LogP contribution in [0.2, 0.25) is 0 Å². The van der Waals surface area contributed by atoms with Gasteiger partial charge < -0.3 is 9.53 Å². The van der Waals surface area contributed by atoms with E-state index in [1.54, 1.807) is 12.4 Å². The number of hydrogen-bond acceptors (Lipinski definition) is 7. The summed E-state index contributed by atoms with van der Waals surface area (Å²) >= 11 is 0. The number of benzene rings is 1. The van der Waals surface area contributed by atoms with Crippen LogP contribution in [-0.2, 0) is 11.3 Å². The number of rotatable bonds is 8. The number of ether oxygens (including phenoxy) is 1. The van der Waals surface area contributed by atoms with E-state index in [4.69, 9.17) is 9.72 Å². The van der Waals surface area contributed by atoms with Gasteiger partial charge in [-0.2, -0.15) is 5.10 Å². The third-order valence-electron chi connectivity index (χ3n) is 6.41. The maximum absolute atomic E-state index is 10.7. The van der Waals surface area contributed by atoms with E-state index in [1.807, 2.05) is 36.4 Å². The lowest BCUT2D eigenvalue weighted by molar-refractivity contribution is -0.109. The molecule has 4 aromatic rings. The molecule has 1 fully saturated rings. The van der Waals surface area contributed by atoms with Gasteiger partial charge in [-0.25, -0.2) is 4.98 Å². The zero-order valence-electron chi connectivity index (χ0n) is 19.2. The third-order valence-corrected chi connectivity index (χ3v) is 6.41. The number of pyridine rings is 2. The summed E-state index contributed by atoms with van der Waals surface area (Å²) in [5, 5.41) is 7.92. The Labute approximate surface area is 198 Å². The summed E-state index contributed by atoms with van der Waals surface area (Å²) in [5.74, 6) is 1.26. The van der Waals surface area contributed by atoms with E-state index in [2.05, 4.69) is 44.2 Å². The summed E-state index contributed by atoms with van der Waals surface area (Å²) in [7, 11) is 2.16. The maximum Gasteiger partial charge on any atom is 0.219 e. The molecular weight excluding hydrogens is 428 g/mol. The van der Waals surface area contributed by atoms with Crippen LogP contribution in [-0.4, -0.2) is 69.0 Å². The minimum atomic E-state index is 0.517. The smallest absolute Gasteiger partial charge is 0.219 e. The topological polar surface area (TPSA) is 87.2 Å². The lowest BCUT2D eigenvalue weighted by Gasteiger charge is -2.35. The van der Waals surface area contributed by atoms with Crippen LogP contribution in [0.3, 0.4) is 0 Å². The Kier molecular flexibility index (Phi) is 6.60. The van der Waals surface area contributed by atoms with Crippen LogP contribution in [0.15, 0.2) is 60.9 Å². The van der Waals surface area contributed by atoms with Crippen LogP contribution in [0.25, 0.3) is 22.2 Å². The molecule has 0 unspecified atom stereocenters. The summed E-state index contributed by atoms with van der Waals surface area (Å²) in [6.45, 7) is 3.30. The fourth-order valence-corrected chi connectivity index (χ4v) is 4.47. The highest BCUT2D eigenvalue weighted by Crippen LogP contribution is 2.26. The first kappa shape index (κ1) is 22.2. The van der Waals surface area contributed by atoms with Crippen molar-refractivity contribution in [1.29, 1.82) is 0 Å². The molecule has 0 atom stereocenters. The number of aromatic amines is 1. The number of aromatic nitrogens is 4. The fourth-order valence-electron chi connectivity index (χ4n) is 4.47. The van der Waals surface area contributed by atoms with E-state index in [9.17, 15) is 4.79 Å². The number of carbonyl (C=O) groups excluding carboxylic acids is 1. The number of hydrogen-bond donors (Lipinski definition) is 1. The number of aldehydes is 1. The first-order valence-electron chi connectivity index (χ1n) is 11.6. The SMILES string of the molecule is CN(Cc1ccc2cc(Oc3ccc(-c4ccn[nH]4)cn3)ccc2n1)C1CCN(CC=O)CC1. The van der Waals surface area contributed by atoms with Crippen molar-refractivity contribution < 1.29 is 9.53 Å². The molecule has 0 amide bonds. The number of nitrogens with one attached hydrogen (secondary N) is 1. The summed E-state index contributed by atoms with van der Waals surface area (Å²) < 4.78 is 5.96. The van der Waals surface area contributed by atoms with E-state index < -0.39 is 0 Å². The predicted molar refractivity (Wildman–Crippen MR) is 131 cm³/mol. The van der Waals surface area contributed by atoms with Crippen molar-refractivity contribution in [2.75, 3.05) is 26.7 Å². The van der Waals surface area contributed by atoms with E-state index >= 15 is 0 Å². The number of piperidine rings is 1. The molecular formula is C26H28N6O2. The Morgan fingerprint density at radius 1 is 1.15 bits per heavy atom. The van der Waals surface area contributed by atoms with Crippen LogP contribution in [0.1, 0.15) is 18.5 Å². The molecule has 0 bridgehead atoms. The van der Waals surface area contributed by atoms with Gasteiger partial charge in [0.2, 0.25) is 5.88 Å². The molecule has 0 radical (unpaired) electrons. The van der Waals surface area contributed by atoms with Crippen LogP contribution < -0.4 is 4.74 Å². The molecule has 8 heteroatoms. The van der Waals surface area contributed by atoms with Gasteiger partial charge >= 0.3 is 0 Å². The van der Waals surface area contributed by atoms with E-state index in [0.717, 1.165) is 72.4 Å². The fraction of sp³-hybridized carbons (Fsp3) is 0.308. The lowest BCUT2D eigenvalue weighted by Crippen LogP contribution is -2.43. The molecule has 5 rings (SSSR count). The number of nitrogens with zero attached hydrogens (tertiary/aromatic N) is 5. The van der Waals surface area contributed by atoms with Crippen molar-refractivity contribution in [1.82, 2.24) is 30.0 Å². The molecule has 4 heterocycles. The highest BCUT2D eigenvalue weighted by molar-refractivity contribution is 5.80. The Morgan fingerprint density at radius 3 is 2.76 bits per heavy atom. The van der Waals surface area contributed by atoms with Crippen LogP contribution in [0, 0.1) is 0 Å². The molecule has 0 aliphatic carbocycles. The van der Waals surface area contributed by atoms with Crippen molar-refractivity contribution >= 4 is 17.2 Å². The van der Waals surface area contributed by atoms with Gasteiger partial charge in [0.15, 0.2) is 0 Å². The van der Waals surface area contributed by atoms with Crippen molar-refractivity contribution in [3.05, 3.63) is 66.6 Å². The highest BCUT2D eigenvalue weighted by Gasteiger charge is 2.22. The summed E-state index contributed by atoms with van der Waals surface area (Å²) in [5.41, 5.74) is 3.87. The maximum atomic E-state index is 10.7. The monoisotopic (exact) mass is 456 g/mol. The van der Waals surface area contributed by atoms with Gasteiger partial charge in [0, 0.05) is 55.1 Å². The molecule has 1 aliphatic heterocycles. The molecule has 174 valence electrons. The lowest BCUT2D eigenvalue weighted by atomic mass is 10.0. The Hall–Kier alpha value is -3.62. The van der Waals surface area contributed by atoms with Crippen LogP contribution >= 0.6 is 0 Å². The molecule has 1 saturated heterocycles. The van der Waals surface area contributed by atoms with Gasteiger partial charge in [-0.3, -0.25) is 19.9 Å². The Bertz CT molecular complexity index is 1230. The quantitative estimate of drug-likeness (QED) is 0.402. The first-order chi connectivity index (χ1) is 16.7. The molecule has 1 aromatic carbocycles. The summed E-state index contributed by atoms with van der Waals surface area (Å²) in [4.78, 5) is 24.6. The highest BCUT2D eigenvalue weighted by atomic mass is 16.5. The minimum Gasteiger partial charge on any atom is -0.439 e. The van der Waals surface area contributed by atoms with Gasteiger partial charge in [-0.15, -0.1) is 0 Å². The van der Waals surface area contributed by atoms with E-state index in [0.29, 0.717) is 18.5 Å². The Balaban J connectivity index is 1.22. The molecule has 8 nitrogen and oxygen atoms in total. The largest absolute Gasteiger partial charge is 0.439 e. The van der Waals surface area contributed by atoms with Gasteiger partial charge in [0.1, 0.15) is 12.0 Å². The zero-order valence-corrected chi connectivity index (χ0v) is 19.2. The van der Waals surface area contributed by atoms with Crippen molar-refractivity contribution in [2.24, 2.45) is 0 Å².